The minimum atomic E-state index is -0.370. The van der Waals surface area contributed by atoms with Crippen LogP contribution in [0.3, 0.4) is 0 Å². The summed E-state index contributed by atoms with van der Waals surface area (Å²) < 4.78 is 0. The first-order valence-electron chi connectivity index (χ1n) is 7.26. The number of H-pyrrole nitrogens is 1. The molecule has 0 saturated carbocycles. The number of nitrogens with one attached hydrogen (secondary N) is 1. The van der Waals surface area contributed by atoms with Crippen LogP contribution in [-0.4, -0.2) is 48.0 Å². The van der Waals surface area contributed by atoms with Crippen LogP contribution in [0.1, 0.15) is 38.8 Å². The molecular weight excluding hydrogens is 268 g/mol. The van der Waals surface area contributed by atoms with Gasteiger partial charge in [-0.15, -0.1) is 0 Å². The Hall–Kier alpha value is -1.85. The Morgan fingerprint density at radius 3 is 2.67 bits per heavy atom. The largest absolute Gasteiger partial charge is 0.348 e. The summed E-state index contributed by atoms with van der Waals surface area (Å²) in [6.45, 7) is 7.15. The number of aromatic nitrogens is 2. The van der Waals surface area contributed by atoms with E-state index in [-0.39, 0.29) is 22.8 Å². The third-order valence-corrected chi connectivity index (χ3v) is 3.71. The highest BCUT2D eigenvalue weighted by Gasteiger charge is 2.34. The van der Waals surface area contributed by atoms with E-state index in [0.717, 1.165) is 18.7 Å². The summed E-state index contributed by atoms with van der Waals surface area (Å²) in [5, 5.41) is 0. The number of anilines is 1. The molecule has 1 aromatic rings. The molecule has 1 saturated heterocycles. The minimum absolute atomic E-state index is 0.136. The summed E-state index contributed by atoms with van der Waals surface area (Å²) in [6, 6.07) is 1.54. The monoisotopic (exact) mass is 292 g/mol. The van der Waals surface area contributed by atoms with Crippen LogP contribution in [0.2, 0.25) is 0 Å². The predicted octanol–water partition coefficient (Wildman–Crippen LogP) is 1.20. The second kappa shape index (κ2) is 5.50. The smallest absolute Gasteiger partial charge is 0.252 e. The van der Waals surface area contributed by atoms with E-state index in [9.17, 15) is 9.59 Å². The summed E-state index contributed by atoms with van der Waals surface area (Å²) >= 11 is 0. The van der Waals surface area contributed by atoms with Gasteiger partial charge in [0.1, 0.15) is 0 Å². The second-order valence-corrected chi connectivity index (χ2v) is 6.88. The van der Waals surface area contributed by atoms with Crippen molar-refractivity contribution in [3.63, 3.8) is 0 Å². The Bertz CT molecular complexity index is 586. The first-order valence-corrected chi connectivity index (χ1v) is 7.26. The summed E-state index contributed by atoms with van der Waals surface area (Å²) in [4.78, 5) is 34.9. The van der Waals surface area contributed by atoms with E-state index in [1.54, 1.807) is 11.0 Å². The van der Waals surface area contributed by atoms with Crippen molar-refractivity contribution in [3.8, 4) is 0 Å². The van der Waals surface area contributed by atoms with Crippen molar-refractivity contribution in [2.75, 3.05) is 32.1 Å². The first-order chi connectivity index (χ1) is 9.68. The van der Waals surface area contributed by atoms with E-state index in [1.165, 1.54) is 0 Å². The molecule has 1 N–H and O–H groups in total. The molecule has 0 aliphatic carbocycles. The van der Waals surface area contributed by atoms with E-state index in [0.29, 0.717) is 12.5 Å². The number of amides is 1. The molecule has 21 heavy (non-hydrogen) atoms. The normalized spacial score (nSPS) is 18.9. The Kier molecular flexibility index (Phi) is 4.07. The SMILES string of the molecule is CN(C)c1nc([C@@H]2CCN(C(=O)C(C)(C)C)C2)cc(=O)[nH]1. The van der Waals surface area contributed by atoms with Crippen LogP contribution in [0, 0.1) is 5.41 Å². The lowest BCUT2D eigenvalue weighted by atomic mass is 9.95. The van der Waals surface area contributed by atoms with Crippen LogP contribution >= 0.6 is 0 Å². The summed E-state index contributed by atoms with van der Waals surface area (Å²) in [7, 11) is 3.68. The van der Waals surface area contributed by atoms with Gasteiger partial charge in [0, 0.05) is 44.6 Å². The van der Waals surface area contributed by atoms with E-state index in [2.05, 4.69) is 9.97 Å². The maximum atomic E-state index is 12.3. The van der Waals surface area contributed by atoms with Gasteiger partial charge >= 0.3 is 0 Å². The van der Waals surface area contributed by atoms with Crippen LogP contribution in [0.15, 0.2) is 10.9 Å². The molecule has 0 bridgehead atoms. The number of hydrogen-bond acceptors (Lipinski definition) is 4. The highest BCUT2D eigenvalue weighted by molar-refractivity contribution is 5.81. The Labute approximate surface area is 125 Å². The zero-order chi connectivity index (χ0) is 15.8. The maximum absolute atomic E-state index is 12.3. The molecule has 1 aromatic heterocycles. The molecule has 0 spiro atoms. The van der Waals surface area contributed by atoms with Crippen molar-refractivity contribution in [2.24, 2.45) is 5.41 Å². The Morgan fingerprint density at radius 1 is 1.43 bits per heavy atom. The number of carbonyl (C=O) groups excluding carboxylic acids is 1. The fourth-order valence-corrected chi connectivity index (χ4v) is 2.54. The number of hydrogen-bond donors (Lipinski definition) is 1. The topological polar surface area (TPSA) is 69.3 Å². The Balaban J connectivity index is 2.19. The molecule has 1 amide bonds. The molecule has 6 nitrogen and oxygen atoms in total. The summed E-state index contributed by atoms with van der Waals surface area (Å²) in [5.74, 6) is 0.845. The van der Waals surface area contributed by atoms with E-state index < -0.39 is 0 Å². The minimum Gasteiger partial charge on any atom is -0.348 e. The number of likely N-dealkylation sites (tertiary alicyclic amines) is 1. The molecule has 0 aromatic carbocycles. The Morgan fingerprint density at radius 2 is 2.10 bits per heavy atom. The van der Waals surface area contributed by atoms with E-state index in [4.69, 9.17) is 0 Å². The number of aromatic amines is 1. The molecule has 2 rings (SSSR count). The van der Waals surface area contributed by atoms with Crippen molar-refractivity contribution < 1.29 is 4.79 Å². The average molecular weight is 292 g/mol. The summed E-state index contributed by atoms with van der Waals surface area (Å²) in [5.41, 5.74) is 0.251. The van der Waals surface area contributed by atoms with Gasteiger partial charge in [-0.05, 0) is 6.42 Å². The van der Waals surface area contributed by atoms with E-state index in [1.807, 2.05) is 39.8 Å². The molecule has 1 aliphatic heterocycles. The van der Waals surface area contributed by atoms with Gasteiger partial charge in [-0.25, -0.2) is 4.98 Å². The number of carbonyl (C=O) groups is 1. The van der Waals surface area contributed by atoms with Crippen molar-refractivity contribution in [3.05, 3.63) is 22.1 Å². The fourth-order valence-electron chi connectivity index (χ4n) is 2.54. The van der Waals surface area contributed by atoms with Crippen LogP contribution in [-0.2, 0) is 4.79 Å². The first kappa shape index (κ1) is 15.5. The predicted molar refractivity (Wildman–Crippen MR) is 82.6 cm³/mol. The highest BCUT2D eigenvalue weighted by atomic mass is 16.2. The van der Waals surface area contributed by atoms with Gasteiger partial charge in [0.2, 0.25) is 11.9 Å². The molecule has 0 unspecified atom stereocenters. The van der Waals surface area contributed by atoms with Gasteiger partial charge in [-0.3, -0.25) is 14.6 Å². The van der Waals surface area contributed by atoms with Crippen molar-refractivity contribution >= 4 is 11.9 Å². The van der Waals surface area contributed by atoms with Gasteiger partial charge in [-0.1, -0.05) is 20.8 Å². The van der Waals surface area contributed by atoms with Crippen LogP contribution in [0.4, 0.5) is 5.95 Å². The molecule has 1 aliphatic rings. The fraction of sp³-hybridized carbons (Fsp3) is 0.667. The molecular formula is C15H24N4O2. The molecule has 2 heterocycles. The molecule has 1 atom stereocenters. The quantitative estimate of drug-likeness (QED) is 0.889. The van der Waals surface area contributed by atoms with Gasteiger partial charge in [0.05, 0.1) is 5.69 Å². The molecule has 116 valence electrons. The van der Waals surface area contributed by atoms with Gasteiger partial charge in [0.15, 0.2) is 0 Å². The number of rotatable bonds is 2. The lowest BCUT2D eigenvalue weighted by Gasteiger charge is -2.25. The third kappa shape index (κ3) is 3.43. The zero-order valence-electron chi connectivity index (χ0n) is 13.4. The van der Waals surface area contributed by atoms with Gasteiger partial charge in [-0.2, -0.15) is 0 Å². The van der Waals surface area contributed by atoms with Crippen LogP contribution in [0.25, 0.3) is 0 Å². The molecule has 1 fully saturated rings. The van der Waals surface area contributed by atoms with Crippen molar-refractivity contribution in [1.29, 1.82) is 0 Å². The lowest BCUT2D eigenvalue weighted by molar-refractivity contribution is -0.138. The number of nitrogens with zero attached hydrogens (tertiary/aromatic N) is 3. The zero-order valence-corrected chi connectivity index (χ0v) is 13.4. The maximum Gasteiger partial charge on any atom is 0.252 e. The van der Waals surface area contributed by atoms with Crippen LogP contribution < -0.4 is 10.5 Å². The third-order valence-electron chi connectivity index (χ3n) is 3.71. The highest BCUT2D eigenvalue weighted by Crippen LogP contribution is 2.29. The van der Waals surface area contributed by atoms with E-state index >= 15 is 0 Å². The van der Waals surface area contributed by atoms with Gasteiger partial charge < -0.3 is 9.80 Å². The molecule has 0 radical (unpaired) electrons. The van der Waals surface area contributed by atoms with Crippen LogP contribution in [0.5, 0.6) is 0 Å². The van der Waals surface area contributed by atoms with Crippen molar-refractivity contribution in [1.82, 2.24) is 14.9 Å². The lowest BCUT2D eigenvalue weighted by Crippen LogP contribution is -2.37. The molecule has 6 heteroatoms. The average Bonchev–Trinajstić information content (AvgIpc) is 2.85. The van der Waals surface area contributed by atoms with Crippen molar-refractivity contribution in [2.45, 2.75) is 33.1 Å². The summed E-state index contributed by atoms with van der Waals surface area (Å²) in [6.07, 6.45) is 0.852. The van der Waals surface area contributed by atoms with Gasteiger partial charge in [0.25, 0.3) is 5.56 Å². The second-order valence-electron chi connectivity index (χ2n) is 6.88. The standard InChI is InChI=1S/C15H24N4O2/c1-15(2,3)13(21)19-7-6-10(9-19)11-8-12(20)17-14(16-11)18(4)5/h8,10H,6-7,9H2,1-5H3,(H,16,17,20)/t10-/m1/s1.